The Kier molecular flexibility index (Phi) is 7.49. The van der Waals surface area contributed by atoms with Crippen LogP contribution in [0.4, 0.5) is 8.78 Å². The Balaban J connectivity index is 1.58. The minimum Gasteiger partial charge on any atom is -0.493 e. The second-order valence-electron chi connectivity index (χ2n) is 7.33. The van der Waals surface area contributed by atoms with Crippen molar-refractivity contribution in [3.05, 3.63) is 33.8 Å². The van der Waals surface area contributed by atoms with E-state index < -0.39 is 11.8 Å². The number of nitrogens with one attached hydrogen (secondary N) is 2. The van der Waals surface area contributed by atoms with Gasteiger partial charge in [0.15, 0.2) is 11.5 Å². The van der Waals surface area contributed by atoms with E-state index in [2.05, 4.69) is 15.6 Å². The van der Waals surface area contributed by atoms with Crippen molar-refractivity contribution in [2.45, 2.75) is 44.2 Å². The normalized spacial score (nSPS) is 15.7. The van der Waals surface area contributed by atoms with Crippen molar-refractivity contribution in [2.75, 3.05) is 21.3 Å². The molecule has 8 nitrogen and oxygen atoms in total. The van der Waals surface area contributed by atoms with Crippen molar-refractivity contribution in [3.8, 4) is 17.2 Å². The third-order valence-electron chi connectivity index (χ3n) is 5.16. The van der Waals surface area contributed by atoms with Crippen LogP contribution in [0, 0.1) is 0 Å². The molecule has 2 amide bonds. The molecule has 174 valence electrons. The summed E-state index contributed by atoms with van der Waals surface area (Å²) >= 11 is 1.22. The molecular formula is C21H25F2N3O5S. The van der Waals surface area contributed by atoms with Gasteiger partial charge in [-0.25, -0.2) is 13.8 Å². The van der Waals surface area contributed by atoms with Gasteiger partial charge in [0.05, 0.1) is 27.9 Å². The van der Waals surface area contributed by atoms with Gasteiger partial charge in [0.1, 0.15) is 10.7 Å². The minimum absolute atomic E-state index is 0.114. The average molecular weight is 470 g/mol. The summed E-state index contributed by atoms with van der Waals surface area (Å²) in [6, 6.07) is 2.78. The second kappa shape index (κ2) is 10.1. The molecule has 1 aliphatic carbocycles. The molecule has 3 rings (SSSR count). The molecule has 0 radical (unpaired) electrons. The number of carbonyl (C=O) groups is 2. The molecule has 1 aliphatic rings. The number of nitrogens with zero attached hydrogens (tertiary/aromatic N) is 1. The molecule has 11 heteroatoms. The van der Waals surface area contributed by atoms with Crippen molar-refractivity contribution in [1.29, 1.82) is 0 Å². The number of amides is 2. The average Bonchev–Trinajstić information content (AvgIpc) is 3.27. The Labute approximate surface area is 188 Å². The highest BCUT2D eigenvalue weighted by Gasteiger charge is 2.35. The fourth-order valence-corrected chi connectivity index (χ4v) is 4.12. The standard InChI is InChI=1S/C21H25F2N3O5S/c1-29-15-8-12(9-16(30-2)18(15)31-3)19(27)24-10-17-26-14(11-32-17)20(28)25-13-4-6-21(22,23)7-5-13/h8-9,11,13H,4-7,10H2,1-3H3,(H,24,27)(H,25,28). The first-order chi connectivity index (χ1) is 15.3. The number of ether oxygens (including phenoxy) is 3. The third-order valence-corrected chi connectivity index (χ3v) is 6.01. The van der Waals surface area contributed by atoms with Crippen LogP contribution in [0.25, 0.3) is 0 Å². The molecule has 0 saturated heterocycles. The molecule has 32 heavy (non-hydrogen) atoms. The lowest BCUT2D eigenvalue weighted by molar-refractivity contribution is -0.0399. The van der Waals surface area contributed by atoms with Crippen LogP contribution < -0.4 is 24.8 Å². The lowest BCUT2D eigenvalue weighted by Gasteiger charge is -2.28. The predicted octanol–water partition coefficient (Wildman–Crippen LogP) is 3.41. The van der Waals surface area contributed by atoms with Gasteiger partial charge in [-0.1, -0.05) is 0 Å². The van der Waals surface area contributed by atoms with E-state index in [-0.39, 0.29) is 49.9 Å². The van der Waals surface area contributed by atoms with E-state index in [1.807, 2.05) is 0 Å². The van der Waals surface area contributed by atoms with Gasteiger partial charge in [-0.2, -0.15) is 0 Å². The number of rotatable bonds is 8. The lowest BCUT2D eigenvalue weighted by atomic mass is 9.92. The van der Waals surface area contributed by atoms with E-state index in [1.165, 1.54) is 44.8 Å². The molecule has 1 saturated carbocycles. The summed E-state index contributed by atoms with van der Waals surface area (Å²) < 4.78 is 42.3. The van der Waals surface area contributed by atoms with Crippen LogP contribution in [0.5, 0.6) is 17.2 Å². The van der Waals surface area contributed by atoms with E-state index >= 15 is 0 Å². The summed E-state index contributed by atoms with van der Waals surface area (Å²) in [5.41, 5.74) is 0.507. The number of carbonyl (C=O) groups excluding carboxylic acids is 2. The molecule has 2 N–H and O–H groups in total. The van der Waals surface area contributed by atoms with Crippen LogP contribution in [-0.2, 0) is 6.54 Å². The summed E-state index contributed by atoms with van der Waals surface area (Å²) in [4.78, 5) is 29.2. The number of hydrogen-bond acceptors (Lipinski definition) is 7. The Morgan fingerprint density at radius 2 is 1.72 bits per heavy atom. The largest absolute Gasteiger partial charge is 0.493 e. The van der Waals surface area contributed by atoms with Gasteiger partial charge in [-0.05, 0) is 25.0 Å². The van der Waals surface area contributed by atoms with Crippen LogP contribution >= 0.6 is 11.3 Å². The maximum atomic E-state index is 13.3. The molecule has 0 spiro atoms. The highest BCUT2D eigenvalue weighted by molar-refractivity contribution is 7.09. The van der Waals surface area contributed by atoms with Crippen LogP contribution in [0.1, 0.15) is 51.5 Å². The fourth-order valence-electron chi connectivity index (χ4n) is 3.41. The van der Waals surface area contributed by atoms with Crippen molar-refractivity contribution >= 4 is 23.2 Å². The van der Waals surface area contributed by atoms with E-state index in [1.54, 1.807) is 5.38 Å². The zero-order chi connectivity index (χ0) is 23.3. The van der Waals surface area contributed by atoms with E-state index in [4.69, 9.17) is 14.2 Å². The van der Waals surface area contributed by atoms with E-state index in [0.717, 1.165) is 0 Å². The summed E-state index contributed by atoms with van der Waals surface area (Å²) in [6.07, 6.45) is 0.0155. The summed E-state index contributed by atoms with van der Waals surface area (Å²) in [5.74, 6) is -2.35. The van der Waals surface area contributed by atoms with Crippen molar-refractivity contribution in [1.82, 2.24) is 15.6 Å². The number of halogens is 2. The van der Waals surface area contributed by atoms with E-state index in [9.17, 15) is 18.4 Å². The van der Waals surface area contributed by atoms with Crippen LogP contribution in [0.2, 0.25) is 0 Å². The molecule has 0 bridgehead atoms. The van der Waals surface area contributed by atoms with Crippen LogP contribution in [-0.4, -0.2) is 50.1 Å². The Bertz CT molecular complexity index is 947. The number of thiazole rings is 1. The molecule has 0 unspecified atom stereocenters. The molecule has 1 aromatic heterocycles. The van der Waals surface area contributed by atoms with Crippen molar-refractivity contribution in [3.63, 3.8) is 0 Å². The molecule has 1 fully saturated rings. The number of benzene rings is 1. The first kappa shape index (κ1) is 23.7. The second-order valence-corrected chi connectivity index (χ2v) is 8.27. The van der Waals surface area contributed by atoms with E-state index in [0.29, 0.717) is 27.8 Å². The van der Waals surface area contributed by atoms with Crippen molar-refractivity contribution < 1.29 is 32.6 Å². The highest BCUT2D eigenvalue weighted by Crippen LogP contribution is 2.38. The molecule has 0 aliphatic heterocycles. The van der Waals surface area contributed by atoms with Gasteiger partial charge in [-0.3, -0.25) is 9.59 Å². The summed E-state index contributed by atoms with van der Waals surface area (Å²) in [6.45, 7) is 0.114. The smallest absolute Gasteiger partial charge is 0.270 e. The molecule has 1 aromatic carbocycles. The Morgan fingerprint density at radius 3 is 2.28 bits per heavy atom. The number of aromatic nitrogens is 1. The monoisotopic (exact) mass is 469 g/mol. The van der Waals surface area contributed by atoms with Gasteiger partial charge in [0, 0.05) is 29.8 Å². The van der Waals surface area contributed by atoms with Gasteiger partial charge >= 0.3 is 0 Å². The van der Waals surface area contributed by atoms with Gasteiger partial charge in [0.2, 0.25) is 11.7 Å². The maximum absolute atomic E-state index is 13.3. The number of hydrogen-bond donors (Lipinski definition) is 2. The molecular weight excluding hydrogens is 444 g/mol. The first-order valence-electron chi connectivity index (χ1n) is 9.97. The van der Waals surface area contributed by atoms with Crippen LogP contribution in [0.3, 0.4) is 0 Å². The van der Waals surface area contributed by atoms with Gasteiger partial charge < -0.3 is 24.8 Å². The zero-order valence-corrected chi connectivity index (χ0v) is 18.8. The topological polar surface area (TPSA) is 98.8 Å². The zero-order valence-electron chi connectivity index (χ0n) is 18.0. The Morgan fingerprint density at radius 1 is 1.09 bits per heavy atom. The number of methoxy groups -OCH3 is 3. The Hall–Kier alpha value is -2.95. The third kappa shape index (κ3) is 5.64. The van der Waals surface area contributed by atoms with Crippen molar-refractivity contribution in [2.24, 2.45) is 0 Å². The molecule has 2 aromatic rings. The summed E-state index contributed by atoms with van der Waals surface area (Å²) in [7, 11) is 4.39. The predicted molar refractivity (Wildman–Crippen MR) is 114 cm³/mol. The lowest BCUT2D eigenvalue weighted by Crippen LogP contribution is -2.40. The van der Waals surface area contributed by atoms with Gasteiger partial charge in [0.25, 0.3) is 11.8 Å². The van der Waals surface area contributed by atoms with Crippen LogP contribution in [0.15, 0.2) is 17.5 Å². The summed E-state index contributed by atoms with van der Waals surface area (Å²) in [5, 5.41) is 7.61. The minimum atomic E-state index is -2.65. The quantitative estimate of drug-likeness (QED) is 0.615. The first-order valence-corrected chi connectivity index (χ1v) is 10.9. The molecule has 0 atom stereocenters. The van der Waals surface area contributed by atoms with Gasteiger partial charge in [-0.15, -0.1) is 11.3 Å². The number of alkyl halides is 2. The fraction of sp³-hybridized carbons (Fsp3) is 0.476. The highest BCUT2D eigenvalue weighted by atomic mass is 32.1. The SMILES string of the molecule is COc1cc(C(=O)NCc2nc(C(=O)NC3CCC(F)(F)CC3)cs2)cc(OC)c1OC. The molecule has 1 heterocycles. The maximum Gasteiger partial charge on any atom is 0.270 e.